The number of hydrogen-bond donors (Lipinski definition) is 1. The summed E-state index contributed by atoms with van der Waals surface area (Å²) in [6, 6.07) is 18.4. The van der Waals surface area contributed by atoms with Crippen LogP contribution in [0.15, 0.2) is 66.9 Å². The lowest BCUT2D eigenvalue weighted by Gasteiger charge is -2.27. The van der Waals surface area contributed by atoms with E-state index in [2.05, 4.69) is 19.6 Å². The van der Waals surface area contributed by atoms with Crippen LogP contribution in [0, 0.1) is 0 Å². The third-order valence-electron chi connectivity index (χ3n) is 5.44. The molecule has 1 saturated heterocycles. The Labute approximate surface area is 206 Å². The number of carbonyl (C=O) groups excluding carboxylic acids is 1. The highest BCUT2D eigenvalue weighted by molar-refractivity contribution is 8.00. The first-order valence-electron chi connectivity index (χ1n) is 10.6. The van der Waals surface area contributed by atoms with Crippen LogP contribution in [0.4, 0.5) is 11.4 Å². The highest BCUT2D eigenvalue weighted by Gasteiger charge is 2.17. The number of benzene rings is 2. The molecule has 1 N–H and O–H groups in total. The van der Waals surface area contributed by atoms with Gasteiger partial charge >= 0.3 is 0 Å². The van der Waals surface area contributed by atoms with Gasteiger partial charge in [-0.3, -0.25) is 9.78 Å². The highest BCUT2D eigenvalue weighted by Crippen LogP contribution is 2.33. The SMILES string of the molecule is O=C(Nc1ccc(Cl)c(-c2ccc3ncccc3n2)c1)c1ccc(N2CCCCS2)cc1Cl. The standard InChI is InChI=1S/C25H20Cl2N4OS/c26-20-8-5-16(14-19(20)22-9-10-23-24(30-22)4-3-11-28-23)29-25(32)18-7-6-17(15-21(18)27)31-12-1-2-13-33-31/h3-11,14-15H,1-2,12-13H2,(H,29,32). The first kappa shape index (κ1) is 22.0. The average molecular weight is 495 g/mol. The van der Waals surface area contributed by atoms with Crippen LogP contribution in [0.25, 0.3) is 22.3 Å². The lowest BCUT2D eigenvalue weighted by atomic mass is 10.1. The first-order valence-corrected chi connectivity index (χ1v) is 12.3. The van der Waals surface area contributed by atoms with Crippen molar-refractivity contribution >= 4 is 63.5 Å². The molecule has 4 aromatic rings. The molecule has 1 fully saturated rings. The van der Waals surface area contributed by atoms with Gasteiger partial charge < -0.3 is 9.62 Å². The molecule has 0 spiro atoms. The second kappa shape index (κ2) is 9.59. The number of carbonyl (C=O) groups is 1. The average Bonchev–Trinajstić information content (AvgIpc) is 2.85. The topological polar surface area (TPSA) is 58.1 Å². The van der Waals surface area contributed by atoms with Gasteiger partial charge in [0.1, 0.15) is 0 Å². The van der Waals surface area contributed by atoms with Gasteiger partial charge in [0.2, 0.25) is 0 Å². The van der Waals surface area contributed by atoms with Crippen molar-refractivity contribution in [3.63, 3.8) is 0 Å². The summed E-state index contributed by atoms with van der Waals surface area (Å²) in [5, 5.41) is 3.90. The van der Waals surface area contributed by atoms with Crippen LogP contribution in [0.5, 0.6) is 0 Å². The molecule has 166 valence electrons. The maximum absolute atomic E-state index is 13.0. The number of amides is 1. The van der Waals surface area contributed by atoms with Gasteiger partial charge in [-0.1, -0.05) is 23.2 Å². The van der Waals surface area contributed by atoms with Gasteiger partial charge in [0.05, 0.1) is 32.3 Å². The Hall–Kier alpha value is -2.80. The molecule has 33 heavy (non-hydrogen) atoms. The molecule has 3 heterocycles. The Morgan fingerprint density at radius 1 is 0.970 bits per heavy atom. The van der Waals surface area contributed by atoms with Gasteiger partial charge in [0, 0.05) is 35.4 Å². The van der Waals surface area contributed by atoms with Gasteiger partial charge in [-0.2, -0.15) is 0 Å². The molecule has 0 saturated carbocycles. The molecule has 2 aromatic carbocycles. The van der Waals surface area contributed by atoms with E-state index in [0.717, 1.165) is 41.0 Å². The molecule has 0 radical (unpaired) electrons. The van der Waals surface area contributed by atoms with Crippen LogP contribution in [-0.4, -0.2) is 28.2 Å². The van der Waals surface area contributed by atoms with E-state index < -0.39 is 0 Å². The molecular formula is C25H20Cl2N4OS. The smallest absolute Gasteiger partial charge is 0.257 e. The zero-order valence-electron chi connectivity index (χ0n) is 17.6. The zero-order valence-corrected chi connectivity index (χ0v) is 19.9. The minimum Gasteiger partial charge on any atom is -0.322 e. The minimum absolute atomic E-state index is 0.276. The number of halogens is 2. The molecule has 2 aromatic heterocycles. The van der Waals surface area contributed by atoms with E-state index in [0.29, 0.717) is 27.0 Å². The summed E-state index contributed by atoms with van der Waals surface area (Å²) in [6.07, 6.45) is 4.12. The summed E-state index contributed by atoms with van der Waals surface area (Å²) in [4.78, 5) is 21.9. The summed E-state index contributed by atoms with van der Waals surface area (Å²) >= 11 is 14.7. The second-order valence-electron chi connectivity index (χ2n) is 7.69. The van der Waals surface area contributed by atoms with Crippen LogP contribution in [0.1, 0.15) is 23.2 Å². The van der Waals surface area contributed by atoms with E-state index in [1.165, 1.54) is 6.42 Å². The normalized spacial score (nSPS) is 13.8. The van der Waals surface area contributed by atoms with Crippen molar-refractivity contribution in [1.29, 1.82) is 0 Å². The van der Waals surface area contributed by atoms with Gasteiger partial charge in [-0.25, -0.2) is 4.98 Å². The molecule has 0 unspecified atom stereocenters. The van der Waals surface area contributed by atoms with Crippen molar-refractivity contribution in [2.75, 3.05) is 21.9 Å². The van der Waals surface area contributed by atoms with Crippen LogP contribution >= 0.6 is 35.1 Å². The molecule has 8 heteroatoms. The fraction of sp³-hybridized carbons (Fsp3) is 0.160. The number of pyridine rings is 2. The quantitative estimate of drug-likeness (QED) is 0.306. The number of fused-ring (bicyclic) bond motifs is 1. The van der Waals surface area contributed by atoms with E-state index in [-0.39, 0.29) is 5.91 Å². The summed E-state index contributed by atoms with van der Waals surface area (Å²) in [5.41, 5.74) is 5.07. The summed E-state index contributed by atoms with van der Waals surface area (Å²) in [6.45, 7) is 0.985. The number of anilines is 2. The van der Waals surface area contributed by atoms with Gasteiger partial charge in [0.25, 0.3) is 5.91 Å². The van der Waals surface area contributed by atoms with Gasteiger partial charge in [-0.05, 0) is 85.5 Å². The molecule has 1 aliphatic heterocycles. The number of hydrogen-bond acceptors (Lipinski definition) is 5. The molecule has 0 bridgehead atoms. The number of rotatable bonds is 4. The van der Waals surface area contributed by atoms with Crippen molar-refractivity contribution in [3.05, 3.63) is 82.5 Å². The Bertz CT molecular complexity index is 1340. The summed E-state index contributed by atoms with van der Waals surface area (Å²) in [5.74, 6) is 0.822. The van der Waals surface area contributed by atoms with Crippen molar-refractivity contribution in [3.8, 4) is 11.3 Å². The third-order valence-corrected chi connectivity index (χ3v) is 7.26. The molecule has 5 rings (SSSR count). The molecule has 0 aliphatic carbocycles. The van der Waals surface area contributed by atoms with Crippen LogP contribution in [0.2, 0.25) is 10.0 Å². The molecule has 1 amide bonds. The fourth-order valence-electron chi connectivity index (χ4n) is 3.75. The fourth-order valence-corrected chi connectivity index (χ4v) is 5.30. The lowest BCUT2D eigenvalue weighted by molar-refractivity contribution is 0.102. The Kier molecular flexibility index (Phi) is 6.40. The predicted octanol–water partition coefficient (Wildman–Crippen LogP) is 7.10. The molecule has 0 atom stereocenters. The van der Waals surface area contributed by atoms with Crippen LogP contribution in [0.3, 0.4) is 0 Å². The Balaban J connectivity index is 1.38. The monoisotopic (exact) mass is 494 g/mol. The van der Waals surface area contributed by atoms with E-state index in [1.54, 1.807) is 36.3 Å². The van der Waals surface area contributed by atoms with E-state index >= 15 is 0 Å². The predicted molar refractivity (Wildman–Crippen MR) is 138 cm³/mol. The minimum atomic E-state index is -0.276. The number of nitrogens with zero attached hydrogens (tertiary/aromatic N) is 3. The second-order valence-corrected chi connectivity index (χ2v) is 9.62. The summed E-state index contributed by atoms with van der Waals surface area (Å²) < 4.78 is 2.23. The van der Waals surface area contributed by atoms with Crippen molar-refractivity contribution in [2.24, 2.45) is 0 Å². The zero-order chi connectivity index (χ0) is 22.8. The highest BCUT2D eigenvalue weighted by atomic mass is 35.5. The van der Waals surface area contributed by atoms with E-state index in [1.807, 2.05) is 42.5 Å². The molecular weight excluding hydrogens is 475 g/mol. The maximum atomic E-state index is 13.0. The third kappa shape index (κ3) is 4.78. The summed E-state index contributed by atoms with van der Waals surface area (Å²) in [7, 11) is 0. The van der Waals surface area contributed by atoms with Crippen molar-refractivity contribution in [2.45, 2.75) is 12.8 Å². The molecule has 5 nitrogen and oxygen atoms in total. The number of aromatic nitrogens is 2. The van der Waals surface area contributed by atoms with Gasteiger partial charge in [0.15, 0.2) is 0 Å². The van der Waals surface area contributed by atoms with Crippen LogP contribution < -0.4 is 9.62 Å². The first-order chi connectivity index (χ1) is 16.1. The lowest BCUT2D eigenvalue weighted by Crippen LogP contribution is -2.21. The van der Waals surface area contributed by atoms with Crippen LogP contribution in [-0.2, 0) is 0 Å². The Morgan fingerprint density at radius 2 is 1.88 bits per heavy atom. The molecule has 1 aliphatic rings. The largest absolute Gasteiger partial charge is 0.322 e. The maximum Gasteiger partial charge on any atom is 0.257 e. The Morgan fingerprint density at radius 3 is 2.70 bits per heavy atom. The number of nitrogens with one attached hydrogen (secondary N) is 1. The van der Waals surface area contributed by atoms with Crippen molar-refractivity contribution < 1.29 is 4.79 Å². The van der Waals surface area contributed by atoms with E-state index in [4.69, 9.17) is 23.2 Å². The van der Waals surface area contributed by atoms with Gasteiger partial charge in [-0.15, -0.1) is 0 Å². The van der Waals surface area contributed by atoms with E-state index in [9.17, 15) is 4.79 Å². The van der Waals surface area contributed by atoms with Crippen molar-refractivity contribution in [1.82, 2.24) is 9.97 Å².